The van der Waals surface area contributed by atoms with Crippen LogP contribution in [0.25, 0.3) is 11.1 Å². The normalized spacial score (nSPS) is 19.5. The SMILES string of the molecule is CCCCCCNC(=O)N1CCOc2cc(-c3ccc([C@H]4CC[C@H](CC(=O)O)CC4)cc3)ccc21. The first-order valence-electron chi connectivity index (χ1n) is 13.2. The van der Waals surface area contributed by atoms with Crippen molar-refractivity contribution in [2.24, 2.45) is 5.92 Å². The third-order valence-corrected chi connectivity index (χ3v) is 7.40. The molecule has 0 unspecified atom stereocenters. The Bertz CT molecular complexity index is 996. The van der Waals surface area contributed by atoms with Crippen molar-refractivity contribution in [2.45, 2.75) is 70.6 Å². The molecule has 1 aliphatic heterocycles. The highest BCUT2D eigenvalue weighted by atomic mass is 16.5. The van der Waals surface area contributed by atoms with Gasteiger partial charge in [0.15, 0.2) is 0 Å². The average Bonchev–Trinajstić information content (AvgIpc) is 2.88. The van der Waals surface area contributed by atoms with E-state index >= 15 is 0 Å². The van der Waals surface area contributed by atoms with Gasteiger partial charge < -0.3 is 15.2 Å². The van der Waals surface area contributed by atoms with Crippen molar-refractivity contribution in [1.82, 2.24) is 5.32 Å². The van der Waals surface area contributed by atoms with E-state index < -0.39 is 5.97 Å². The summed E-state index contributed by atoms with van der Waals surface area (Å²) in [4.78, 5) is 25.5. The van der Waals surface area contributed by atoms with Gasteiger partial charge in [0.25, 0.3) is 0 Å². The van der Waals surface area contributed by atoms with E-state index in [4.69, 9.17) is 9.84 Å². The summed E-state index contributed by atoms with van der Waals surface area (Å²) in [5.74, 6) is 0.893. The van der Waals surface area contributed by atoms with Gasteiger partial charge in [0.2, 0.25) is 0 Å². The zero-order valence-corrected chi connectivity index (χ0v) is 20.8. The Morgan fingerprint density at radius 1 is 1.00 bits per heavy atom. The maximum atomic E-state index is 12.7. The Morgan fingerprint density at radius 3 is 2.46 bits per heavy atom. The molecule has 2 amide bonds. The number of ether oxygens (including phenoxy) is 1. The van der Waals surface area contributed by atoms with Crippen molar-refractivity contribution in [3.05, 3.63) is 48.0 Å². The maximum Gasteiger partial charge on any atom is 0.322 e. The van der Waals surface area contributed by atoms with Gasteiger partial charge in [0, 0.05) is 13.0 Å². The third kappa shape index (κ3) is 6.56. The molecule has 4 rings (SSSR count). The number of carboxylic acid groups (broad SMARTS) is 1. The van der Waals surface area contributed by atoms with E-state index in [1.54, 1.807) is 4.90 Å². The number of aliphatic carboxylic acids is 1. The van der Waals surface area contributed by atoms with Crippen LogP contribution < -0.4 is 15.0 Å². The predicted molar refractivity (Wildman–Crippen MR) is 139 cm³/mol. The molecule has 0 aromatic heterocycles. The average molecular weight is 479 g/mol. The van der Waals surface area contributed by atoms with Gasteiger partial charge in [-0.2, -0.15) is 0 Å². The number of nitrogens with one attached hydrogen (secondary N) is 1. The van der Waals surface area contributed by atoms with Crippen LogP contribution in [0.5, 0.6) is 5.75 Å². The summed E-state index contributed by atoms with van der Waals surface area (Å²) in [7, 11) is 0. The predicted octanol–water partition coefficient (Wildman–Crippen LogP) is 6.59. The Hall–Kier alpha value is -3.02. The molecule has 1 fully saturated rings. The van der Waals surface area contributed by atoms with Crippen LogP contribution in [0.3, 0.4) is 0 Å². The van der Waals surface area contributed by atoms with Gasteiger partial charge in [0.1, 0.15) is 12.4 Å². The van der Waals surface area contributed by atoms with Crippen molar-refractivity contribution in [1.29, 1.82) is 0 Å². The second kappa shape index (κ2) is 12.1. The van der Waals surface area contributed by atoms with Gasteiger partial charge in [0.05, 0.1) is 12.2 Å². The lowest BCUT2D eigenvalue weighted by Crippen LogP contribution is -2.44. The molecule has 188 valence electrons. The minimum atomic E-state index is -0.682. The summed E-state index contributed by atoms with van der Waals surface area (Å²) in [5.41, 5.74) is 4.35. The lowest BCUT2D eigenvalue weighted by molar-refractivity contribution is -0.138. The third-order valence-electron chi connectivity index (χ3n) is 7.40. The van der Waals surface area contributed by atoms with Crippen molar-refractivity contribution in [2.75, 3.05) is 24.6 Å². The molecule has 0 atom stereocenters. The number of nitrogens with zero attached hydrogens (tertiary/aromatic N) is 1. The van der Waals surface area contributed by atoms with Crippen LogP contribution in [0, 0.1) is 5.92 Å². The van der Waals surface area contributed by atoms with Crippen LogP contribution in [-0.4, -0.2) is 36.8 Å². The maximum absolute atomic E-state index is 12.7. The van der Waals surface area contributed by atoms with Gasteiger partial charge >= 0.3 is 12.0 Å². The number of hydrogen-bond donors (Lipinski definition) is 2. The number of rotatable bonds is 9. The number of benzene rings is 2. The van der Waals surface area contributed by atoms with Crippen LogP contribution in [0.4, 0.5) is 10.5 Å². The number of anilines is 1. The van der Waals surface area contributed by atoms with Crippen LogP contribution in [0.2, 0.25) is 0 Å². The molecule has 1 heterocycles. The molecule has 0 saturated heterocycles. The van der Waals surface area contributed by atoms with Gasteiger partial charge in [-0.3, -0.25) is 9.69 Å². The second-order valence-corrected chi connectivity index (χ2v) is 9.91. The highest BCUT2D eigenvalue weighted by Gasteiger charge is 2.25. The molecule has 6 nitrogen and oxygen atoms in total. The molecule has 35 heavy (non-hydrogen) atoms. The molecule has 2 aromatic carbocycles. The largest absolute Gasteiger partial charge is 0.490 e. The van der Waals surface area contributed by atoms with E-state index in [-0.39, 0.29) is 6.03 Å². The first-order valence-corrected chi connectivity index (χ1v) is 13.2. The molecule has 2 aromatic rings. The summed E-state index contributed by atoms with van der Waals surface area (Å²) in [6.07, 6.45) is 8.93. The molecule has 2 N–H and O–H groups in total. The molecule has 0 spiro atoms. The van der Waals surface area contributed by atoms with Gasteiger partial charge in [-0.05, 0) is 72.8 Å². The zero-order chi connectivity index (χ0) is 24.6. The van der Waals surface area contributed by atoms with Crippen LogP contribution in [0.15, 0.2) is 42.5 Å². The summed E-state index contributed by atoms with van der Waals surface area (Å²) < 4.78 is 5.92. The number of hydrogen-bond acceptors (Lipinski definition) is 3. The quantitative estimate of drug-likeness (QED) is 0.399. The fourth-order valence-corrected chi connectivity index (χ4v) is 5.35. The van der Waals surface area contributed by atoms with Gasteiger partial charge in [-0.15, -0.1) is 0 Å². The number of unbranched alkanes of at least 4 members (excludes halogenated alkanes) is 3. The topological polar surface area (TPSA) is 78.9 Å². The second-order valence-electron chi connectivity index (χ2n) is 9.91. The van der Waals surface area contributed by atoms with E-state index in [0.29, 0.717) is 38.0 Å². The monoisotopic (exact) mass is 478 g/mol. The molecular formula is C29H38N2O4. The van der Waals surface area contributed by atoms with Gasteiger partial charge in [-0.1, -0.05) is 56.5 Å². The Balaban J connectivity index is 1.37. The van der Waals surface area contributed by atoms with E-state index in [2.05, 4.69) is 42.6 Å². The van der Waals surface area contributed by atoms with E-state index in [1.807, 2.05) is 12.1 Å². The Morgan fingerprint density at radius 2 is 1.74 bits per heavy atom. The zero-order valence-electron chi connectivity index (χ0n) is 20.8. The van der Waals surface area contributed by atoms with Crippen LogP contribution >= 0.6 is 0 Å². The highest BCUT2D eigenvalue weighted by Crippen LogP contribution is 2.39. The molecule has 1 aliphatic carbocycles. The van der Waals surface area contributed by atoms with E-state index in [1.165, 1.54) is 18.4 Å². The minimum Gasteiger partial charge on any atom is -0.490 e. The summed E-state index contributed by atoms with van der Waals surface area (Å²) in [5, 5.41) is 12.1. The molecule has 1 saturated carbocycles. The fourth-order valence-electron chi connectivity index (χ4n) is 5.35. The van der Waals surface area contributed by atoms with Crippen molar-refractivity contribution in [3.63, 3.8) is 0 Å². The lowest BCUT2D eigenvalue weighted by atomic mass is 9.77. The molecule has 0 radical (unpaired) electrons. The van der Waals surface area contributed by atoms with Gasteiger partial charge in [-0.25, -0.2) is 4.79 Å². The smallest absolute Gasteiger partial charge is 0.322 e. The summed E-state index contributed by atoms with van der Waals surface area (Å²) >= 11 is 0. The number of amides is 2. The summed E-state index contributed by atoms with van der Waals surface area (Å²) in [6, 6.07) is 14.7. The van der Waals surface area contributed by atoms with E-state index in [9.17, 15) is 9.59 Å². The Labute approximate surface area is 208 Å². The number of urea groups is 1. The number of carboxylic acids is 1. The minimum absolute atomic E-state index is 0.0544. The van der Waals surface area contributed by atoms with Crippen molar-refractivity contribution in [3.8, 4) is 16.9 Å². The molecule has 2 aliphatic rings. The van der Waals surface area contributed by atoms with Crippen LogP contribution in [0.1, 0.15) is 76.2 Å². The Kier molecular flexibility index (Phi) is 8.67. The van der Waals surface area contributed by atoms with E-state index in [0.717, 1.165) is 61.1 Å². The molecular weight excluding hydrogens is 440 g/mol. The highest BCUT2D eigenvalue weighted by molar-refractivity contribution is 5.94. The first kappa shape index (κ1) is 25.1. The first-order chi connectivity index (χ1) is 17.0. The fraction of sp³-hybridized carbons (Fsp3) is 0.517. The lowest BCUT2D eigenvalue weighted by Gasteiger charge is -2.30. The van der Waals surface area contributed by atoms with Crippen molar-refractivity contribution < 1.29 is 19.4 Å². The number of carbonyl (C=O) groups excluding carboxylic acids is 1. The standard InChI is InChI=1S/C29H38N2O4/c1-2-3-4-5-16-30-29(34)31-17-18-35-27-20-25(14-15-26(27)31)24-12-10-23(11-13-24)22-8-6-21(7-9-22)19-28(32)33/h10-15,20-22H,2-9,16-19H2,1H3,(H,30,34)(H,32,33)/t21-,22-. The molecule has 0 bridgehead atoms. The summed E-state index contributed by atoms with van der Waals surface area (Å²) in [6.45, 7) is 3.93. The van der Waals surface area contributed by atoms with Crippen LogP contribution in [-0.2, 0) is 4.79 Å². The molecule has 6 heteroatoms. The number of carbonyl (C=O) groups is 2. The van der Waals surface area contributed by atoms with Crippen molar-refractivity contribution >= 4 is 17.7 Å². The number of fused-ring (bicyclic) bond motifs is 1.